The second kappa shape index (κ2) is 11.5. The number of aromatic amines is 1. The molecule has 39 heavy (non-hydrogen) atoms. The average molecular weight is 548 g/mol. The Bertz CT molecular complexity index is 1700. The smallest absolute Gasteiger partial charge is 0.319 e. The molecule has 2 aromatic carbocycles. The van der Waals surface area contributed by atoms with Crippen molar-refractivity contribution in [2.24, 2.45) is 0 Å². The van der Waals surface area contributed by atoms with Gasteiger partial charge in [-0.05, 0) is 43.7 Å². The standard InChI is InChI=1S/C26H26ClN9O3/c1-15(33-23-21-22(30-13-29-21)31-14-32-23)24-35-19-9-4-8-18(27)20(19)25(37)36(24)17-7-3-6-16(12-17)34-26(38)28-10-5-11-39-2/h3-4,6-9,12-15H,5,10-11H2,1-2H3,(H2,28,34,38)(H2,29,30,31,32,33). The maximum Gasteiger partial charge on any atom is 0.319 e. The van der Waals surface area contributed by atoms with Crippen LogP contribution < -0.4 is 21.5 Å². The lowest BCUT2D eigenvalue weighted by Crippen LogP contribution is -2.30. The molecule has 0 aliphatic carbocycles. The summed E-state index contributed by atoms with van der Waals surface area (Å²) in [7, 11) is 1.61. The van der Waals surface area contributed by atoms with E-state index >= 15 is 0 Å². The number of benzene rings is 2. The average Bonchev–Trinajstić information content (AvgIpc) is 3.41. The number of amides is 2. The van der Waals surface area contributed by atoms with E-state index in [0.717, 1.165) is 0 Å². The van der Waals surface area contributed by atoms with Crippen LogP contribution in [-0.4, -0.2) is 55.8 Å². The SMILES string of the molecule is COCCCNC(=O)Nc1cccc(-n2c(C(C)Nc3ncnc4nc[nH]c34)nc3cccc(Cl)c3c2=O)c1. The highest BCUT2D eigenvalue weighted by molar-refractivity contribution is 6.35. The predicted octanol–water partition coefficient (Wildman–Crippen LogP) is 4.04. The zero-order valence-electron chi connectivity index (χ0n) is 21.2. The number of rotatable bonds is 9. The lowest BCUT2D eigenvalue weighted by atomic mass is 10.2. The van der Waals surface area contributed by atoms with Crippen LogP contribution in [0.15, 0.2) is 59.9 Å². The molecule has 0 bridgehead atoms. The fraction of sp³-hybridized carbons (Fsp3) is 0.231. The van der Waals surface area contributed by atoms with Crippen LogP contribution >= 0.6 is 11.6 Å². The molecule has 4 N–H and O–H groups in total. The van der Waals surface area contributed by atoms with Crippen LogP contribution in [-0.2, 0) is 4.74 Å². The summed E-state index contributed by atoms with van der Waals surface area (Å²) >= 11 is 6.44. The van der Waals surface area contributed by atoms with Crippen LogP contribution in [0.1, 0.15) is 25.2 Å². The van der Waals surface area contributed by atoms with E-state index in [0.29, 0.717) is 69.7 Å². The number of ether oxygens (including phenoxy) is 1. The Kier molecular flexibility index (Phi) is 7.66. The van der Waals surface area contributed by atoms with Gasteiger partial charge in [0.1, 0.15) is 17.7 Å². The number of methoxy groups -OCH3 is 1. The minimum atomic E-state index is -0.483. The Morgan fingerprint density at radius 3 is 2.87 bits per heavy atom. The number of carbonyl (C=O) groups is 1. The number of aromatic nitrogens is 6. The fourth-order valence-corrected chi connectivity index (χ4v) is 4.46. The van der Waals surface area contributed by atoms with Crippen molar-refractivity contribution in [1.29, 1.82) is 0 Å². The Balaban J connectivity index is 1.54. The summed E-state index contributed by atoms with van der Waals surface area (Å²) in [4.78, 5) is 46.8. The minimum Gasteiger partial charge on any atom is -0.385 e. The molecule has 200 valence electrons. The summed E-state index contributed by atoms with van der Waals surface area (Å²) < 4.78 is 6.49. The molecule has 3 aromatic heterocycles. The van der Waals surface area contributed by atoms with Crippen LogP contribution in [0, 0.1) is 0 Å². The first-order valence-corrected chi connectivity index (χ1v) is 12.6. The van der Waals surface area contributed by atoms with Crippen molar-refractivity contribution in [3.63, 3.8) is 0 Å². The van der Waals surface area contributed by atoms with Crippen molar-refractivity contribution in [1.82, 2.24) is 34.8 Å². The molecule has 0 fully saturated rings. The zero-order chi connectivity index (χ0) is 27.4. The number of hydrogen-bond donors (Lipinski definition) is 4. The second-order valence-corrected chi connectivity index (χ2v) is 9.12. The Morgan fingerprint density at radius 2 is 2.03 bits per heavy atom. The number of urea groups is 1. The van der Waals surface area contributed by atoms with Gasteiger partial charge in [-0.1, -0.05) is 23.7 Å². The van der Waals surface area contributed by atoms with E-state index in [1.807, 2.05) is 6.92 Å². The van der Waals surface area contributed by atoms with Crippen LogP contribution in [0.4, 0.5) is 16.3 Å². The number of carbonyl (C=O) groups excluding carboxylic acids is 1. The molecular weight excluding hydrogens is 522 g/mol. The van der Waals surface area contributed by atoms with Gasteiger partial charge >= 0.3 is 6.03 Å². The topological polar surface area (TPSA) is 152 Å². The molecule has 2 amide bonds. The second-order valence-electron chi connectivity index (χ2n) is 8.71. The number of imidazole rings is 1. The lowest BCUT2D eigenvalue weighted by Gasteiger charge is -2.21. The van der Waals surface area contributed by atoms with Crippen LogP contribution in [0.25, 0.3) is 27.8 Å². The van der Waals surface area contributed by atoms with Gasteiger partial charge in [-0.3, -0.25) is 9.36 Å². The van der Waals surface area contributed by atoms with Crippen molar-refractivity contribution in [2.75, 3.05) is 30.9 Å². The predicted molar refractivity (Wildman–Crippen MR) is 150 cm³/mol. The summed E-state index contributed by atoms with van der Waals surface area (Å²) in [6.45, 7) is 2.88. The zero-order valence-corrected chi connectivity index (χ0v) is 22.0. The molecule has 1 unspecified atom stereocenters. The summed E-state index contributed by atoms with van der Waals surface area (Å²) in [5.74, 6) is 0.930. The van der Waals surface area contributed by atoms with Crippen molar-refractivity contribution in [3.05, 3.63) is 76.3 Å². The van der Waals surface area contributed by atoms with Crippen LogP contribution in [0.2, 0.25) is 5.02 Å². The van der Waals surface area contributed by atoms with Gasteiger partial charge in [-0.15, -0.1) is 0 Å². The Labute approximate surface area is 227 Å². The monoisotopic (exact) mass is 547 g/mol. The van der Waals surface area contributed by atoms with Gasteiger partial charge in [0.15, 0.2) is 11.5 Å². The van der Waals surface area contributed by atoms with Gasteiger partial charge in [-0.25, -0.2) is 24.7 Å². The molecule has 5 aromatic rings. The first kappa shape index (κ1) is 26.1. The van der Waals surface area contributed by atoms with Gasteiger partial charge < -0.3 is 25.7 Å². The largest absolute Gasteiger partial charge is 0.385 e. The van der Waals surface area contributed by atoms with E-state index in [2.05, 4.69) is 35.9 Å². The highest BCUT2D eigenvalue weighted by Gasteiger charge is 2.21. The van der Waals surface area contributed by atoms with E-state index < -0.39 is 6.04 Å². The molecule has 0 aliphatic heterocycles. The van der Waals surface area contributed by atoms with Gasteiger partial charge in [0.2, 0.25) is 0 Å². The van der Waals surface area contributed by atoms with E-state index in [9.17, 15) is 9.59 Å². The number of fused-ring (bicyclic) bond motifs is 2. The molecule has 12 nitrogen and oxygen atoms in total. The number of anilines is 2. The molecular formula is C26H26ClN9O3. The van der Waals surface area contributed by atoms with E-state index in [1.165, 1.54) is 17.2 Å². The maximum absolute atomic E-state index is 13.9. The first-order chi connectivity index (χ1) is 19.0. The van der Waals surface area contributed by atoms with Crippen molar-refractivity contribution in [2.45, 2.75) is 19.4 Å². The summed E-state index contributed by atoms with van der Waals surface area (Å²) in [6, 6.07) is 11.3. The van der Waals surface area contributed by atoms with Crippen molar-refractivity contribution in [3.8, 4) is 5.69 Å². The van der Waals surface area contributed by atoms with Gasteiger partial charge in [0.05, 0.1) is 34.0 Å². The van der Waals surface area contributed by atoms with E-state index in [1.54, 1.807) is 49.6 Å². The molecule has 13 heteroatoms. The van der Waals surface area contributed by atoms with Gasteiger partial charge in [0, 0.05) is 25.9 Å². The van der Waals surface area contributed by atoms with Crippen LogP contribution in [0.5, 0.6) is 0 Å². The van der Waals surface area contributed by atoms with Crippen molar-refractivity contribution < 1.29 is 9.53 Å². The molecule has 5 rings (SSSR count). The number of halogens is 1. The summed E-state index contributed by atoms with van der Waals surface area (Å²) in [5.41, 5.74) is 2.27. The maximum atomic E-state index is 13.9. The number of H-pyrrole nitrogens is 1. The first-order valence-electron chi connectivity index (χ1n) is 12.2. The highest BCUT2D eigenvalue weighted by atomic mass is 35.5. The van der Waals surface area contributed by atoms with Crippen molar-refractivity contribution >= 4 is 51.2 Å². The highest BCUT2D eigenvalue weighted by Crippen LogP contribution is 2.26. The molecule has 0 radical (unpaired) electrons. The summed E-state index contributed by atoms with van der Waals surface area (Å²) in [6.07, 6.45) is 3.64. The number of nitrogens with one attached hydrogen (secondary N) is 4. The third kappa shape index (κ3) is 5.52. The minimum absolute atomic E-state index is 0.294. The van der Waals surface area contributed by atoms with E-state index in [-0.39, 0.29) is 11.6 Å². The molecule has 3 heterocycles. The number of nitrogens with zero attached hydrogens (tertiary/aromatic N) is 5. The third-order valence-corrected chi connectivity index (χ3v) is 6.32. The van der Waals surface area contributed by atoms with E-state index in [4.69, 9.17) is 21.3 Å². The normalized spacial score (nSPS) is 12.0. The summed E-state index contributed by atoms with van der Waals surface area (Å²) in [5, 5.41) is 9.49. The van der Waals surface area contributed by atoms with Crippen LogP contribution in [0.3, 0.4) is 0 Å². The van der Waals surface area contributed by atoms with Gasteiger partial charge in [-0.2, -0.15) is 0 Å². The molecule has 0 saturated carbocycles. The third-order valence-electron chi connectivity index (χ3n) is 6.01. The van der Waals surface area contributed by atoms with Gasteiger partial charge in [0.25, 0.3) is 5.56 Å². The Hall–Kier alpha value is -4.55. The quantitative estimate of drug-likeness (QED) is 0.202. The molecule has 0 saturated heterocycles. The molecule has 0 spiro atoms. The number of hydrogen-bond acceptors (Lipinski definition) is 8. The lowest BCUT2D eigenvalue weighted by molar-refractivity contribution is 0.194. The fourth-order valence-electron chi connectivity index (χ4n) is 4.21. The molecule has 0 aliphatic rings. The molecule has 1 atom stereocenters. The Morgan fingerprint density at radius 1 is 1.18 bits per heavy atom.